The second-order valence-electron chi connectivity index (χ2n) is 3.62. The lowest BCUT2D eigenvalue weighted by Gasteiger charge is -2.00. The zero-order valence-electron chi connectivity index (χ0n) is 9.56. The van der Waals surface area contributed by atoms with Crippen LogP contribution in [-0.2, 0) is 4.79 Å². The van der Waals surface area contributed by atoms with Crippen molar-refractivity contribution in [3.05, 3.63) is 39.8 Å². The molecule has 0 aromatic carbocycles. The number of rotatable bonds is 3. The van der Waals surface area contributed by atoms with Gasteiger partial charge in [0.25, 0.3) is 5.91 Å². The van der Waals surface area contributed by atoms with Crippen LogP contribution < -0.4 is 5.32 Å². The molecule has 0 spiro atoms. The van der Waals surface area contributed by atoms with Crippen molar-refractivity contribution in [2.24, 2.45) is 0 Å². The Hall–Kier alpha value is -1.88. The van der Waals surface area contributed by atoms with Crippen LogP contribution in [0.2, 0.25) is 0 Å². The van der Waals surface area contributed by atoms with E-state index in [2.05, 4.69) is 10.5 Å². The number of amides is 1. The van der Waals surface area contributed by atoms with Gasteiger partial charge in [0.15, 0.2) is 5.82 Å². The predicted molar refractivity (Wildman–Crippen MR) is 67.8 cm³/mol. The summed E-state index contributed by atoms with van der Waals surface area (Å²) in [5.41, 5.74) is 0.633. The summed E-state index contributed by atoms with van der Waals surface area (Å²) in [6.45, 7) is 3.54. The number of aryl methyl sites for hydroxylation is 1. The average Bonchev–Trinajstić information content (AvgIpc) is 2.90. The molecule has 2 aromatic heterocycles. The summed E-state index contributed by atoms with van der Waals surface area (Å²) in [6, 6.07) is 5.58. The largest absolute Gasteiger partial charge is 0.360 e. The minimum absolute atomic E-state index is 0.174. The van der Waals surface area contributed by atoms with Gasteiger partial charge in [0.1, 0.15) is 5.76 Å². The number of nitrogens with one attached hydrogen (secondary N) is 1. The van der Waals surface area contributed by atoms with E-state index in [9.17, 15) is 4.79 Å². The molecule has 0 saturated carbocycles. The number of hydrogen-bond acceptors (Lipinski definition) is 4. The van der Waals surface area contributed by atoms with Crippen molar-refractivity contribution in [3.63, 3.8) is 0 Å². The Morgan fingerprint density at radius 3 is 3.00 bits per heavy atom. The first-order valence-electron chi connectivity index (χ1n) is 5.11. The smallest absolute Gasteiger partial charge is 0.252 e. The highest BCUT2D eigenvalue weighted by atomic mass is 32.1. The maximum Gasteiger partial charge on any atom is 0.252 e. The van der Waals surface area contributed by atoms with Gasteiger partial charge in [-0.15, -0.1) is 11.3 Å². The van der Waals surface area contributed by atoms with Gasteiger partial charge in [-0.2, -0.15) is 0 Å². The fourth-order valence-corrected chi connectivity index (χ4v) is 2.01. The van der Waals surface area contributed by atoms with E-state index in [0.29, 0.717) is 17.2 Å². The molecule has 0 saturated heterocycles. The monoisotopic (exact) mass is 248 g/mol. The lowest BCUT2D eigenvalue weighted by Crippen LogP contribution is -2.12. The van der Waals surface area contributed by atoms with E-state index < -0.39 is 0 Å². The third kappa shape index (κ3) is 3.04. The average molecular weight is 248 g/mol. The summed E-state index contributed by atoms with van der Waals surface area (Å²) in [5.74, 6) is 0.929. The SMILES string of the molecule is C/C(=C\c1cccs1)C(=O)Nc1cc(C)on1. The van der Waals surface area contributed by atoms with E-state index in [1.165, 1.54) is 0 Å². The fraction of sp³-hybridized carbons (Fsp3) is 0.167. The fourth-order valence-electron chi connectivity index (χ4n) is 1.29. The Morgan fingerprint density at radius 2 is 2.41 bits per heavy atom. The van der Waals surface area contributed by atoms with E-state index in [-0.39, 0.29) is 5.91 Å². The van der Waals surface area contributed by atoms with Crippen molar-refractivity contribution in [1.82, 2.24) is 5.16 Å². The lowest BCUT2D eigenvalue weighted by molar-refractivity contribution is -0.112. The summed E-state index contributed by atoms with van der Waals surface area (Å²) < 4.78 is 4.87. The number of carbonyl (C=O) groups excluding carboxylic acids is 1. The zero-order chi connectivity index (χ0) is 12.3. The van der Waals surface area contributed by atoms with E-state index in [1.54, 1.807) is 31.3 Å². The molecule has 0 aliphatic heterocycles. The predicted octanol–water partition coefficient (Wildman–Crippen LogP) is 3.09. The van der Waals surface area contributed by atoms with Crippen LogP contribution in [0.1, 0.15) is 17.6 Å². The Bertz CT molecular complexity index is 541. The van der Waals surface area contributed by atoms with Crippen molar-refractivity contribution in [1.29, 1.82) is 0 Å². The van der Waals surface area contributed by atoms with Gasteiger partial charge in [-0.3, -0.25) is 4.79 Å². The van der Waals surface area contributed by atoms with Gasteiger partial charge in [-0.25, -0.2) is 0 Å². The van der Waals surface area contributed by atoms with Crippen molar-refractivity contribution in [2.45, 2.75) is 13.8 Å². The van der Waals surface area contributed by atoms with E-state index in [1.807, 2.05) is 23.6 Å². The highest BCUT2D eigenvalue weighted by Crippen LogP contribution is 2.14. The molecule has 0 bridgehead atoms. The highest BCUT2D eigenvalue weighted by molar-refractivity contribution is 7.10. The number of aromatic nitrogens is 1. The minimum Gasteiger partial charge on any atom is -0.360 e. The molecule has 88 valence electrons. The number of nitrogens with zero attached hydrogens (tertiary/aromatic N) is 1. The minimum atomic E-state index is -0.174. The summed E-state index contributed by atoms with van der Waals surface area (Å²) in [6.07, 6.45) is 1.84. The Labute approximate surface area is 103 Å². The molecule has 0 radical (unpaired) electrons. The van der Waals surface area contributed by atoms with Gasteiger partial charge < -0.3 is 9.84 Å². The number of hydrogen-bond donors (Lipinski definition) is 1. The van der Waals surface area contributed by atoms with Gasteiger partial charge in [-0.1, -0.05) is 11.2 Å². The molecule has 0 aliphatic rings. The first-order valence-corrected chi connectivity index (χ1v) is 5.99. The quantitative estimate of drug-likeness (QED) is 0.849. The van der Waals surface area contributed by atoms with E-state index in [0.717, 1.165) is 4.88 Å². The summed E-state index contributed by atoms with van der Waals surface area (Å²) >= 11 is 1.59. The molecule has 0 aliphatic carbocycles. The second-order valence-corrected chi connectivity index (χ2v) is 4.60. The Kier molecular flexibility index (Phi) is 3.39. The Balaban J connectivity index is 2.05. The van der Waals surface area contributed by atoms with Crippen LogP contribution in [0.25, 0.3) is 6.08 Å². The normalized spacial score (nSPS) is 11.5. The van der Waals surface area contributed by atoms with Gasteiger partial charge in [0.2, 0.25) is 0 Å². The van der Waals surface area contributed by atoms with Crippen molar-refractivity contribution >= 4 is 29.1 Å². The van der Waals surface area contributed by atoms with Crippen LogP contribution in [0.15, 0.2) is 33.7 Å². The van der Waals surface area contributed by atoms with Crippen LogP contribution in [0.4, 0.5) is 5.82 Å². The van der Waals surface area contributed by atoms with Crippen LogP contribution in [0.5, 0.6) is 0 Å². The molecule has 2 aromatic rings. The lowest BCUT2D eigenvalue weighted by atomic mass is 10.2. The highest BCUT2D eigenvalue weighted by Gasteiger charge is 2.08. The third-order valence-corrected chi connectivity index (χ3v) is 2.95. The number of thiophene rings is 1. The van der Waals surface area contributed by atoms with E-state index >= 15 is 0 Å². The van der Waals surface area contributed by atoms with Crippen molar-refractivity contribution in [2.75, 3.05) is 5.32 Å². The molecule has 4 nitrogen and oxygen atoms in total. The standard InChI is InChI=1S/C12H12N2O2S/c1-8(6-10-4-3-5-17-10)12(15)13-11-7-9(2)16-14-11/h3-7H,1-2H3,(H,13,14,15)/b8-6+. The molecule has 0 fully saturated rings. The molecular formula is C12H12N2O2S. The molecule has 0 atom stereocenters. The van der Waals surface area contributed by atoms with Gasteiger partial charge in [0.05, 0.1) is 0 Å². The van der Waals surface area contributed by atoms with Crippen LogP contribution >= 0.6 is 11.3 Å². The molecule has 2 heterocycles. The molecular weight excluding hydrogens is 236 g/mol. The maximum atomic E-state index is 11.8. The van der Waals surface area contributed by atoms with Crippen LogP contribution in [0.3, 0.4) is 0 Å². The second kappa shape index (κ2) is 4.97. The van der Waals surface area contributed by atoms with Crippen molar-refractivity contribution in [3.8, 4) is 0 Å². The molecule has 17 heavy (non-hydrogen) atoms. The summed E-state index contributed by atoms with van der Waals surface area (Å²) in [4.78, 5) is 12.8. The van der Waals surface area contributed by atoms with Gasteiger partial charge >= 0.3 is 0 Å². The molecule has 2 rings (SSSR count). The van der Waals surface area contributed by atoms with Crippen LogP contribution in [0, 0.1) is 6.92 Å². The number of anilines is 1. The molecule has 5 heteroatoms. The first kappa shape index (κ1) is 11.6. The molecule has 1 amide bonds. The summed E-state index contributed by atoms with van der Waals surface area (Å²) in [7, 11) is 0. The van der Waals surface area contributed by atoms with Gasteiger partial charge in [0, 0.05) is 16.5 Å². The third-order valence-electron chi connectivity index (χ3n) is 2.13. The maximum absolute atomic E-state index is 11.8. The Morgan fingerprint density at radius 1 is 1.59 bits per heavy atom. The first-order chi connectivity index (χ1) is 8.15. The van der Waals surface area contributed by atoms with Crippen molar-refractivity contribution < 1.29 is 9.32 Å². The topological polar surface area (TPSA) is 55.1 Å². The number of carbonyl (C=O) groups is 1. The zero-order valence-corrected chi connectivity index (χ0v) is 10.4. The van der Waals surface area contributed by atoms with Gasteiger partial charge in [-0.05, 0) is 31.4 Å². The summed E-state index contributed by atoms with van der Waals surface area (Å²) in [5, 5.41) is 8.34. The molecule has 0 unspecified atom stereocenters. The van der Waals surface area contributed by atoms with Crippen LogP contribution in [-0.4, -0.2) is 11.1 Å². The van der Waals surface area contributed by atoms with E-state index in [4.69, 9.17) is 4.52 Å². The molecule has 1 N–H and O–H groups in total.